The third-order valence-corrected chi connectivity index (χ3v) is 5.11. The Morgan fingerprint density at radius 2 is 2.11 bits per heavy atom. The fraction of sp³-hybridized carbons (Fsp3) is 0.600. The van der Waals surface area contributed by atoms with E-state index in [2.05, 4.69) is 0 Å². The highest BCUT2D eigenvalue weighted by Crippen LogP contribution is 2.30. The number of rotatable bonds is 5. The predicted molar refractivity (Wildman–Crippen MR) is 75.6 cm³/mol. The number of aliphatic hydroxyl groups excluding tert-OH is 1. The van der Waals surface area contributed by atoms with Gasteiger partial charge in [-0.3, -0.25) is 0 Å². The van der Waals surface area contributed by atoms with Gasteiger partial charge < -0.3 is 5.11 Å². The van der Waals surface area contributed by atoms with E-state index in [4.69, 9.17) is 0 Å². The molecule has 0 radical (unpaired) electrons. The van der Waals surface area contributed by atoms with Gasteiger partial charge >= 0.3 is 0 Å². The minimum Gasteiger partial charge on any atom is -0.392 e. The van der Waals surface area contributed by atoms with Crippen LogP contribution < -0.4 is 0 Å². The summed E-state index contributed by atoms with van der Waals surface area (Å²) < 4.78 is 13.1. The highest BCUT2D eigenvalue weighted by molar-refractivity contribution is 7.99. The molecule has 0 amide bonds. The van der Waals surface area contributed by atoms with Crippen LogP contribution in [0.25, 0.3) is 0 Å². The topological polar surface area (TPSA) is 20.2 Å². The monoisotopic (exact) mass is 268 g/mol. The molecule has 1 saturated carbocycles. The molecule has 1 nitrogen and oxygen atoms in total. The molecule has 0 aromatic heterocycles. The van der Waals surface area contributed by atoms with E-state index in [1.165, 1.54) is 31.7 Å². The summed E-state index contributed by atoms with van der Waals surface area (Å²) in [6, 6.07) is 4.79. The first-order chi connectivity index (χ1) is 8.65. The van der Waals surface area contributed by atoms with Gasteiger partial charge in [-0.15, -0.1) is 0 Å². The van der Waals surface area contributed by atoms with Gasteiger partial charge in [0.25, 0.3) is 0 Å². The van der Waals surface area contributed by atoms with Gasteiger partial charge in [0.05, 0.1) is 6.10 Å². The average molecular weight is 268 g/mol. The predicted octanol–water partition coefficient (Wildman–Crippen LogP) is 3.71. The Balaban J connectivity index is 1.82. The van der Waals surface area contributed by atoms with Gasteiger partial charge in [0.1, 0.15) is 5.82 Å². The second-order valence-corrected chi connectivity index (χ2v) is 6.50. The summed E-state index contributed by atoms with van der Waals surface area (Å²) in [5.74, 6) is 0.548. The van der Waals surface area contributed by atoms with Gasteiger partial charge in [-0.25, -0.2) is 4.39 Å². The molecule has 18 heavy (non-hydrogen) atoms. The summed E-state index contributed by atoms with van der Waals surface area (Å²) in [4.78, 5) is 0. The zero-order valence-corrected chi connectivity index (χ0v) is 11.7. The first kappa shape index (κ1) is 13.9. The lowest BCUT2D eigenvalue weighted by atomic mass is 10.0. The van der Waals surface area contributed by atoms with Crippen LogP contribution in [0.15, 0.2) is 18.2 Å². The van der Waals surface area contributed by atoms with E-state index in [9.17, 15) is 9.50 Å². The molecule has 1 atom stereocenters. The van der Waals surface area contributed by atoms with E-state index in [-0.39, 0.29) is 11.9 Å². The van der Waals surface area contributed by atoms with Crippen LogP contribution in [0.1, 0.15) is 36.8 Å². The molecule has 0 bridgehead atoms. The Morgan fingerprint density at radius 1 is 1.39 bits per heavy atom. The van der Waals surface area contributed by atoms with E-state index in [1.807, 2.05) is 18.7 Å². The minimum absolute atomic E-state index is 0.216. The second-order valence-electron chi connectivity index (χ2n) is 5.17. The van der Waals surface area contributed by atoms with Crippen LogP contribution in [0.3, 0.4) is 0 Å². The lowest BCUT2D eigenvalue weighted by Gasteiger charge is -2.15. The lowest BCUT2D eigenvalue weighted by molar-refractivity contribution is 0.199. The normalized spacial score (nSPS) is 18.2. The number of aryl methyl sites for hydroxylation is 1. The summed E-state index contributed by atoms with van der Waals surface area (Å²) in [6.07, 6.45) is 5.43. The maximum atomic E-state index is 13.1. The quantitative estimate of drug-likeness (QED) is 0.878. The van der Waals surface area contributed by atoms with Gasteiger partial charge in [0.15, 0.2) is 0 Å². The second kappa shape index (κ2) is 6.58. The van der Waals surface area contributed by atoms with Crippen molar-refractivity contribution >= 4 is 11.8 Å². The molecular weight excluding hydrogens is 247 g/mol. The molecule has 0 saturated heterocycles. The van der Waals surface area contributed by atoms with Crippen molar-refractivity contribution in [2.45, 2.75) is 50.4 Å². The van der Waals surface area contributed by atoms with Crippen molar-refractivity contribution in [3.05, 3.63) is 35.1 Å². The third kappa shape index (κ3) is 3.99. The molecule has 1 aromatic carbocycles. The van der Waals surface area contributed by atoms with Crippen molar-refractivity contribution in [2.24, 2.45) is 0 Å². The molecule has 0 aliphatic heterocycles. The van der Waals surface area contributed by atoms with Crippen molar-refractivity contribution in [1.29, 1.82) is 0 Å². The zero-order valence-electron chi connectivity index (χ0n) is 10.9. The number of thioether (sulfide) groups is 1. The number of hydrogen-bond donors (Lipinski definition) is 1. The Bertz CT molecular complexity index is 388. The van der Waals surface area contributed by atoms with Gasteiger partial charge in [0, 0.05) is 11.0 Å². The molecular formula is C15H21FOS. The summed E-state index contributed by atoms with van der Waals surface area (Å²) >= 11 is 1.88. The number of halogens is 1. The maximum absolute atomic E-state index is 13.1. The number of hydrogen-bond acceptors (Lipinski definition) is 2. The van der Waals surface area contributed by atoms with E-state index in [1.54, 1.807) is 12.1 Å². The summed E-state index contributed by atoms with van der Waals surface area (Å²) in [5.41, 5.74) is 1.98. The van der Waals surface area contributed by atoms with Crippen molar-refractivity contribution in [2.75, 3.05) is 5.75 Å². The summed E-state index contributed by atoms with van der Waals surface area (Å²) in [6.45, 7) is 1.96. The van der Waals surface area contributed by atoms with E-state index in [0.717, 1.165) is 22.1 Å². The molecule has 1 fully saturated rings. The van der Waals surface area contributed by atoms with Crippen LogP contribution in [0.2, 0.25) is 0 Å². The Labute approximate surface area is 113 Å². The first-order valence-electron chi connectivity index (χ1n) is 6.70. The molecule has 0 heterocycles. The molecule has 100 valence electrons. The molecule has 1 N–H and O–H groups in total. The maximum Gasteiger partial charge on any atom is 0.123 e. The van der Waals surface area contributed by atoms with Crippen molar-refractivity contribution in [3.63, 3.8) is 0 Å². The van der Waals surface area contributed by atoms with Gasteiger partial charge in [-0.05, 0) is 49.4 Å². The average Bonchev–Trinajstić information content (AvgIpc) is 2.84. The molecule has 1 aliphatic rings. The molecule has 1 aromatic rings. The molecule has 0 spiro atoms. The van der Waals surface area contributed by atoms with Crippen molar-refractivity contribution in [3.8, 4) is 0 Å². The molecule has 1 aliphatic carbocycles. The Kier molecular flexibility index (Phi) is 5.07. The van der Waals surface area contributed by atoms with Crippen LogP contribution >= 0.6 is 11.8 Å². The summed E-state index contributed by atoms with van der Waals surface area (Å²) in [5, 5.41) is 10.8. The fourth-order valence-corrected chi connectivity index (χ4v) is 3.75. The van der Waals surface area contributed by atoms with E-state index < -0.39 is 0 Å². The Morgan fingerprint density at radius 3 is 2.83 bits per heavy atom. The Hall–Kier alpha value is -0.540. The van der Waals surface area contributed by atoms with Crippen LogP contribution in [0.4, 0.5) is 4.39 Å². The van der Waals surface area contributed by atoms with Crippen molar-refractivity contribution < 1.29 is 9.50 Å². The van der Waals surface area contributed by atoms with Crippen LogP contribution in [-0.2, 0) is 6.42 Å². The van der Waals surface area contributed by atoms with Crippen LogP contribution in [-0.4, -0.2) is 22.2 Å². The number of aliphatic hydroxyl groups is 1. The van der Waals surface area contributed by atoms with Crippen LogP contribution in [0.5, 0.6) is 0 Å². The van der Waals surface area contributed by atoms with Gasteiger partial charge in [0.2, 0.25) is 0 Å². The molecule has 2 rings (SSSR count). The van der Waals surface area contributed by atoms with E-state index >= 15 is 0 Å². The molecule has 3 heteroatoms. The summed E-state index contributed by atoms with van der Waals surface area (Å²) in [7, 11) is 0. The number of benzene rings is 1. The smallest absolute Gasteiger partial charge is 0.123 e. The fourth-order valence-electron chi connectivity index (χ4n) is 2.47. The SMILES string of the molecule is Cc1ccc(F)cc1CC(O)CSC1CCCC1. The van der Waals surface area contributed by atoms with E-state index in [0.29, 0.717) is 6.42 Å². The first-order valence-corrected chi connectivity index (χ1v) is 7.74. The third-order valence-electron chi connectivity index (χ3n) is 3.59. The highest BCUT2D eigenvalue weighted by Gasteiger charge is 2.17. The van der Waals surface area contributed by atoms with Gasteiger partial charge in [-0.2, -0.15) is 11.8 Å². The largest absolute Gasteiger partial charge is 0.392 e. The zero-order chi connectivity index (χ0) is 13.0. The van der Waals surface area contributed by atoms with Crippen molar-refractivity contribution in [1.82, 2.24) is 0 Å². The lowest BCUT2D eigenvalue weighted by Crippen LogP contribution is -2.16. The van der Waals surface area contributed by atoms with Crippen LogP contribution in [0, 0.1) is 12.7 Å². The molecule has 1 unspecified atom stereocenters. The highest BCUT2D eigenvalue weighted by atomic mass is 32.2. The van der Waals surface area contributed by atoms with Gasteiger partial charge in [-0.1, -0.05) is 18.9 Å². The minimum atomic E-state index is -0.365. The standard InChI is InChI=1S/C15H21FOS/c1-11-6-7-13(16)8-12(11)9-14(17)10-18-15-4-2-3-5-15/h6-8,14-15,17H,2-5,9-10H2,1H3.